The molecule has 1 fully saturated rings. The SMILES string of the molecule is NC(=O)Cc1csc(NC(=O)C2CCN(C(=O)c3ccc(C(F)(F)F)cc3)CC2)n1. The van der Waals surface area contributed by atoms with Crippen LogP contribution >= 0.6 is 11.3 Å². The van der Waals surface area contributed by atoms with Crippen LogP contribution in [0, 0.1) is 5.92 Å². The highest BCUT2D eigenvalue weighted by Crippen LogP contribution is 2.29. The van der Waals surface area contributed by atoms with E-state index in [1.54, 1.807) is 5.38 Å². The van der Waals surface area contributed by atoms with Crippen LogP contribution in [0.2, 0.25) is 0 Å². The van der Waals surface area contributed by atoms with E-state index in [-0.39, 0.29) is 29.7 Å². The Labute approximate surface area is 174 Å². The first-order valence-corrected chi connectivity index (χ1v) is 10.0. The number of nitrogens with zero attached hydrogens (tertiary/aromatic N) is 2. The molecular formula is C19H19F3N4O3S. The maximum Gasteiger partial charge on any atom is 0.416 e. The number of rotatable bonds is 5. The maximum atomic E-state index is 12.6. The first kappa shape index (κ1) is 21.8. The lowest BCUT2D eigenvalue weighted by molar-refractivity contribution is -0.137. The molecule has 2 heterocycles. The second kappa shape index (κ2) is 8.82. The van der Waals surface area contributed by atoms with Gasteiger partial charge in [0.05, 0.1) is 17.7 Å². The maximum absolute atomic E-state index is 12.6. The van der Waals surface area contributed by atoms with Gasteiger partial charge < -0.3 is 16.0 Å². The lowest BCUT2D eigenvalue weighted by Gasteiger charge is -2.31. The van der Waals surface area contributed by atoms with Gasteiger partial charge in [-0.3, -0.25) is 14.4 Å². The van der Waals surface area contributed by atoms with Crippen LogP contribution in [-0.2, 0) is 22.2 Å². The third-order valence-electron chi connectivity index (χ3n) is 4.75. The minimum Gasteiger partial charge on any atom is -0.369 e. The molecule has 7 nitrogen and oxygen atoms in total. The smallest absolute Gasteiger partial charge is 0.369 e. The molecule has 0 unspecified atom stereocenters. The Bertz CT molecular complexity index is 935. The second-order valence-electron chi connectivity index (χ2n) is 6.92. The molecule has 1 aromatic carbocycles. The van der Waals surface area contributed by atoms with Crippen LogP contribution in [0.3, 0.4) is 0 Å². The molecule has 3 amide bonds. The monoisotopic (exact) mass is 440 g/mol. The molecule has 1 saturated heterocycles. The Kier molecular flexibility index (Phi) is 6.40. The van der Waals surface area contributed by atoms with Crippen molar-refractivity contribution < 1.29 is 27.6 Å². The van der Waals surface area contributed by atoms with Gasteiger partial charge in [0, 0.05) is 30.0 Å². The Hall–Kier alpha value is -2.95. The number of hydrogen-bond donors (Lipinski definition) is 2. The summed E-state index contributed by atoms with van der Waals surface area (Å²) in [6.45, 7) is 0.644. The average Bonchev–Trinajstić information content (AvgIpc) is 3.13. The molecule has 0 aliphatic carbocycles. The number of piperidine rings is 1. The molecule has 0 radical (unpaired) electrons. The summed E-state index contributed by atoms with van der Waals surface area (Å²) in [6.07, 6.45) is -3.60. The third kappa shape index (κ3) is 5.35. The number of likely N-dealkylation sites (tertiary alicyclic amines) is 1. The summed E-state index contributed by atoms with van der Waals surface area (Å²) in [5.74, 6) is -1.41. The fourth-order valence-corrected chi connectivity index (χ4v) is 3.87. The lowest BCUT2D eigenvalue weighted by atomic mass is 9.95. The minimum absolute atomic E-state index is 0.00315. The predicted molar refractivity (Wildman–Crippen MR) is 104 cm³/mol. The highest BCUT2D eigenvalue weighted by atomic mass is 32.1. The molecule has 2 aromatic rings. The van der Waals surface area contributed by atoms with Crippen LogP contribution in [0.5, 0.6) is 0 Å². The summed E-state index contributed by atoms with van der Waals surface area (Å²) in [6, 6.07) is 4.09. The molecular weight excluding hydrogens is 421 g/mol. The Morgan fingerprint density at radius 1 is 1.17 bits per heavy atom. The topological polar surface area (TPSA) is 105 Å². The molecule has 3 rings (SSSR count). The van der Waals surface area contributed by atoms with Gasteiger partial charge in [0.15, 0.2) is 5.13 Å². The van der Waals surface area contributed by atoms with E-state index in [1.807, 2.05) is 0 Å². The van der Waals surface area contributed by atoms with Crippen LogP contribution in [-0.4, -0.2) is 40.7 Å². The van der Waals surface area contributed by atoms with Crippen LogP contribution < -0.4 is 11.1 Å². The fraction of sp³-hybridized carbons (Fsp3) is 0.368. The van der Waals surface area contributed by atoms with Crippen molar-refractivity contribution >= 4 is 34.2 Å². The van der Waals surface area contributed by atoms with Crippen molar-refractivity contribution in [1.82, 2.24) is 9.88 Å². The Morgan fingerprint density at radius 3 is 2.37 bits per heavy atom. The van der Waals surface area contributed by atoms with Crippen molar-refractivity contribution in [2.24, 2.45) is 11.7 Å². The van der Waals surface area contributed by atoms with E-state index in [4.69, 9.17) is 5.73 Å². The van der Waals surface area contributed by atoms with Gasteiger partial charge in [0.25, 0.3) is 5.91 Å². The highest BCUT2D eigenvalue weighted by Gasteiger charge is 2.31. The summed E-state index contributed by atoms with van der Waals surface area (Å²) in [7, 11) is 0. The van der Waals surface area contributed by atoms with E-state index in [1.165, 1.54) is 16.2 Å². The van der Waals surface area contributed by atoms with Crippen LogP contribution in [0.15, 0.2) is 29.6 Å². The highest BCUT2D eigenvalue weighted by molar-refractivity contribution is 7.13. The van der Waals surface area contributed by atoms with Gasteiger partial charge in [-0.05, 0) is 37.1 Å². The number of halogens is 3. The molecule has 1 aromatic heterocycles. The normalized spacial score (nSPS) is 15.1. The number of aromatic nitrogens is 1. The van der Waals surface area contributed by atoms with Crippen molar-refractivity contribution in [2.45, 2.75) is 25.4 Å². The van der Waals surface area contributed by atoms with Crippen LogP contribution in [0.4, 0.5) is 18.3 Å². The first-order valence-electron chi connectivity index (χ1n) is 9.13. The number of nitrogens with one attached hydrogen (secondary N) is 1. The van der Waals surface area contributed by atoms with Crippen LogP contribution in [0.1, 0.15) is 34.5 Å². The number of benzene rings is 1. The number of primary amides is 1. The zero-order valence-electron chi connectivity index (χ0n) is 15.7. The lowest BCUT2D eigenvalue weighted by Crippen LogP contribution is -2.41. The minimum atomic E-state index is -4.45. The van der Waals surface area contributed by atoms with E-state index in [9.17, 15) is 27.6 Å². The van der Waals surface area contributed by atoms with Gasteiger partial charge in [-0.2, -0.15) is 13.2 Å². The van der Waals surface area contributed by atoms with Gasteiger partial charge in [-0.1, -0.05) is 0 Å². The van der Waals surface area contributed by atoms with Crippen molar-refractivity contribution in [1.29, 1.82) is 0 Å². The summed E-state index contributed by atoms with van der Waals surface area (Å²) >= 11 is 1.19. The number of hydrogen-bond acceptors (Lipinski definition) is 5. The molecule has 11 heteroatoms. The molecule has 0 saturated carbocycles. The average molecular weight is 440 g/mol. The van der Waals surface area contributed by atoms with Gasteiger partial charge >= 0.3 is 6.18 Å². The number of anilines is 1. The number of carbonyl (C=O) groups excluding carboxylic acids is 3. The van der Waals surface area contributed by atoms with Crippen molar-refractivity contribution in [3.8, 4) is 0 Å². The quantitative estimate of drug-likeness (QED) is 0.746. The van der Waals surface area contributed by atoms with Crippen LogP contribution in [0.25, 0.3) is 0 Å². The third-order valence-corrected chi connectivity index (χ3v) is 5.56. The molecule has 1 aliphatic heterocycles. The van der Waals surface area contributed by atoms with Gasteiger partial charge in [0.2, 0.25) is 11.8 Å². The molecule has 160 valence electrons. The van der Waals surface area contributed by atoms with E-state index in [0.29, 0.717) is 36.8 Å². The van der Waals surface area contributed by atoms with Gasteiger partial charge in [0.1, 0.15) is 0 Å². The standard InChI is InChI=1S/C19H19F3N4O3S/c20-19(21,22)13-3-1-12(2-4-13)17(29)26-7-5-11(6-8-26)16(28)25-18-24-14(10-30-18)9-15(23)27/h1-4,10-11H,5-9H2,(H2,23,27)(H,24,25,28). The molecule has 0 atom stereocenters. The molecule has 3 N–H and O–H groups in total. The van der Waals surface area contributed by atoms with E-state index in [2.05, 4.69) is 10.3 Å². The van der Waals surface area contributed by atoms with Crippen molar-refractivity contribution in [2.75, 3.05) is 18.4 Å². The Morgan fingerprint density at radius 2 is 1.80 bits per heavy atom. The number of amides is 3. The zero-order valence-corrected chi connectivity index (χ0v) is 16.6. The summed E-state index contributed by atoms with van der Waals surface area (Å²) in [4.78, 5) is 41.5. The van der Waals surface area contributed by atoms with Gasteiger partial charge in [-0.25, -0.2) is 4.98 Å². The van der Waals surface area contributed by atoms with Crippen molar-refractivity contribution in [3.05, 3.63) is 46.5 Å². The van der Waals surface area contributed by atoms with E-state index < -0.39 is 17.6 Å². The first-order chi connectivity index (χ1) is 14.1. The van der Waals surface area contributed by atoms with E-state index in [0.717, 1.165) is 24.3 Å². The summed E-state index contributed by atoms with van der Waals surface area (Å²) in [5, 5.41) is 4.73. The van der Waals surface area contributed by atoms with E-state index >= 15 is 0 Å². The zero-order chi connectivity index (χ0) is 21.9. The number of alkyl halides is 3. The predicted octanol–water partition coefficient (Wildman–Crippen LogP) is 2.68. The van der Waals surface area contributed by atoms with Gasteiger partial charge in [-0.15, -0.1) is 11.3 Å². The summed E-state index contributed by atoms with van der Waals surface area (Å²) < 4.78 is 37.9. The largest absolute Gasteiger partial charge is 0.416 e. The molecule has 30 heavy (non-hydrogen) atoms. The molecule has 0 bridgehead atoms. The molecule has 0 spiro atoms. The Balaban J connectivity index is 1.52. The summed E-state index contributed by atoms with van der Waals surface area (Å²) in [5.41, 5.74) is 4.97. The number of carbonyl (C=O) groups is 3. The second-order valence-corrected chi connectivity index (χ2v) is 7.78. The number of thiazole rings is 1. The fourth-order valence-electron chi connectivity index (χ4n) is 3.16. The number of nitrogens with two attached hydrogens (primary N) is 1. The molecule has 1 aliphatic rings. The van der Waals surface area contributed by atoms with Crippen molar-refractivity contribution in [3.63, 3.8) is 0 Å².